The van der Waals surface area contributed by atoms with E-state index in [1.807, 2.05) is 20.9 Å². The van der Waals surface area contributed by atoms with E-state index in [0.29, 0.717) is 11.4 Å². The Kier molecular flexibility index (Phi) is 4.52. The lowest BCUT2D eigenvalue weighted by molar-refractivity contribution is 0.0922. The summed E-state index contributed by atoms with van der Waals surface area (Å²) in [5.41, 5.74) is 0.507. The first-order valence-electron chi connectivity index (χ1n) is 6.82. The van der Waals surface area contributed by atoms with Crippen LogP contribution in [0.25, 0.3) is 0 Å². The van der Waals surface area contributed by atoms with Gasteiger partial charge in [-0.15, -0.1) is 0 Å². The van der Waals surface area contributed by atoms with Gasteiger partial charge in [-0.25, -0.2) is 9.97 Å². The molecule has 2 aromatic heterocycles. The maximum absolute atomic E-state index is 12.5. The number of carbonyl (C=O) groups is 1. The molecule has 2 N–H and O–H groups in total. The average molecular weight is 288 g/mol. The van der Waals surface area contributed by atoms with Gasteiger partial charge >= 0.3 is 0 Å². The minimum Gasteiger partial charge on any atom is -0.372 e. The van der Waals surface area contributed by atoms with E-state index in [1.165, 1.54) is 6.33 Å². The highest BCUT2D eigenvalue weighted by Crippen LogP contribution is 2.20. The molecule has 2 aromatic rings. The van der Waals surface area contributed by atoms with Crippen LogP contribution in [0.4, 0.5) is 5.82 Å². The quantitative estimate of drug-likeness (QED) is 0.868. The molecule has 0 aromatic carbocycles. The maximum Gasteiger partial charge on any atom is 0.255 e. The van der Waals surface area contributed by atoms with Gasteiger partial charge in [0.05, 0.1) is 11.6 Å². The topological polar surface area (TPSA) is 84.7 Å². The average Bonchev–Trinajstić information content (AvgIpc) is 2.90. The number of hydrogen-bond donors (Lipinski definition) is 2. The molecule has 0 saturated carbocycles. The molecule has 21 heavy (non-hydrogen) atoms. The molecule has 7 heteroatoms. The molecule has 0 aliphatic rings. The number of carbonyl (C=O) groups excluding carboxylic acids is 1. The van der Waals surface area contributed by atoms with Crippen LogP contribution in [0.15, 0.2) is 24.7 Å². The van der Waals surface area contributed by atoms with E-state index in [9.17, 15) is 4.79 Å². The second kappa shape index (κ2) is 6.34. The number of aryl methyl sites for hydroxylation is 1. The van der Waals surface area contributed by atoms with Crippen LogP contribution in [0.1, 0.15) is 36.1 Å². The Balaban J connectivity index is 2.25. The molecule has 0 spiro atoms. The van der Waals surface area contributed by atoms with E-state index in [1.54, 1.807) is 30.1 Å². The zero-order valence-electron chi connectivity index (χ0n) is 12.7. The third-order valence-corrected chi connectivity index (χ3v) is 3.27. The summed E-state index contributed by atoms with van der Waals surface area (Å²) in [6.07, 6.45) is 3.13. The van der Waals surface area contributed by atoms with Gasteiger partial charge in [-0.05, 0) is 18.1 Å². The van der Waals surface area contributed by atoms with Crippen molar-refractivity contribution in [3.63, 3.8) is 0 Å². The van der Waals surface area contributed by atoms with Gasteiger partial charge in [-0.1, -0.05) is 13.8 Å². The number of anilines is 1. The van der Waals surface area contributed by atoms with Crippen molar-refractivity contribution in [2.75, 3.05) is 12.4 Å². The predicted octanol–water partition coefficient (Wildman–Crippen LogP) is 1.38. The van der Waals surface area contributed by atoms with Crippen LogP contribution in [-0.4, -0.2) is 32.7 Å². The van der Waals surface area contributed by atoms with Crippen LogP contribution in [0.5, 0.6) is 0 Å². The molecule has 0 aliphatic heterocycles. The molecule has 0 radical (unpaired) electrons. The number of pyridine rings is 1. The third-order valence-electron chi connectivity index (χ3n) is 3.27. The summed E-state index contributed by atoms with van der Waals surface area (Å²) in [5.74, 6) is 1.28. The summed E-state index contributed by atoms with van der Waals surface area (Å²) < 4.78 is 1.67. The van der Waals surface area contributed by atoms with Gasteiger partial charge in [-0.2, -0.15) is 5.10 Å². The van der Waals surface area contributed by atoms with Crippen molar-refractivity contribution >= 4 is 11.7 Å². The summed E-state index contributed by atoms with van der Waals surface area (Å²) in [4.78, 5) is 20.9. The molecule has 0 fully saturated rings. The Morgan fingerprint density at radius 2 is 2.10 bits per heavy atom. The van der Waals surface area contributed by atoms with Crippen molar-refractivity contribution in [1.82, 2.24) is 25.1 Å². The second-order valence-corrected chi connectivity index (χ2v) is 5.09. The van der Waals surface area contributed by atoms with E-state index in [2.05, 4.69) is 25.7 Å². The highest BCUT2D eigenvalue weighted by Gasteiger charge is 2.24. The van der Waals surface area contributed by atoms with Gasteiger partial charge < -0.3 is 10.6 Å². The zero-order valence-corrected chi connectivity index (χ0v) is 12.7. The summed E-state index contributed by atoms with van der Waals surface area (Å²) in [5, 5.41) is 9.99. The first kappa shape index (κ1) is 15.0. The Labute approximate surface area is 123 Å². The van der Waals surface area contributed by atoms with Crippen molar-refractivity contribution in [1.29, 1.82) is 0 Å². The summed E-state index contributed by atoms with van der Waals surface area (Å²) >= 11 is 0. The first-order valence-corrected chi connectivity index (χ1v) is 6.82. The molecule has 1 amide bonds. The highest BCUT2D eigenvalue weighted by atomic mass is 16.1. The van der Waals surface area contributed by atoms with Crippen molar-refractivity contribution in [3.05, 3.63) is 36.0 Å². The minimum atomic E-state index is -0.213. The highest BCUT2D eigenvalue weighted by molar-refractivity contribution is 5.98. The van der Waals surface area contributed by atoms with Gasteiger partial charge in [0.15, 0.2) is 0 Å². The Morgan fingerprint density at radius 1 is 1.33 bits per heavy atom. The minimum absolute atomic E-state index is 0.186. The lowest BCUT2D eigenvalue weighted by Crippen LogP contribution is -2.34. The number of aromatic nitrogens is 4. The number of rotatable bonds is 5. The van der Waals surface area contributed by atoms with E-state index >= 15 is 0 Å². The van der Waals surface area contributed by atoms with Gasteiger partial charge in [0, 0.05) is 20.3 Å². The van der Waals surface area contributed by atoms with Gasteiger partial charge in [0.2, 0.25) is 0 Å². The SMILES string of the molecule is CNc1ncccc1C(=O)N[C@H](c1ncnn1C)C(C)C. The number of amides is 1. The maximum atomic E-state index is 12.5. The van der Waals surface area contributed by atoms with E-state index in [4.69, 9.17) is 0 Å². The predicted molar refractivity (Wildman–Crippen MR) is 79.8 cm³/mol. The van der Waals surface area contributed by atoms with Gasteiger partial charge in [-0.3, -0.25) is 9.48 Å². The summed E-state index contributed by atoms with van der Waals surface area (Å²) in [6.45, 7) is 4.06. The molecule has 0 saturated heterocycles. The van der Waals surface area contributed by atoms with Crippen LogP contribution < -0.4 is 10.6 Å². The molecule has 2 rings (SSSR count). The number of hydrogen-bond acceptors (Lipinski definition) is 5. The van der Waals surface area contributed by atoms with Crippen LogP contribution >= 0.6 is 0 Å². The fraction of sp³-hybridized carbons (Fsp3) is 0.429. The molecule has 7 nitrogen and oxygen atoms in total. The van der Waals surface area contributed by atoms with Crippen LogP contribution in [-0.2, 0) is 7.05 Å². The smallest absolute Gasteiger partial charge is 0.255 e. The van der Waals surface area contributed by atoms with Crippen LogP contribution in [0, 0.1) is 5.92 Å². The molecular weight excluding hydrogens is 268 g/mol. The lowest BCUT2D eigenvalue weighted by Gasteiger charge is -2.21. The zero-order chi connectivity index (χ0) is 15.4. The van der Waals surface area contributed by atoms with Crippen molar-refractivity contribution in [2.45, 2.75) is 19.9 Å². The second-order valence-electron chi connectivity index (χ2n) is 5.09. The van der Waals surface area contributed by atoms with Gasteiger partial charge in [0.25, 0.3) is 5.91 Å². The van der Waals surface area contributed by atoms with E-state index < -0.39 is 0 Å². The molecular formula is C14H20N6O. The summed E-state index contributed by atoms with van der Waals surface area (Å²) in [7, 11) is 3.55. The standard InChI is InChI=1S/C14H20N6O/c1-9(2)11(13-17-8-18-20(13)4)19-14(21)10-6-5-7-16-12(10)15-3/h5-9,11H,1-4H3,(H,15,16)(H,19,21)/t11-/m0/s1. The fourth-order valence-corrected chi connectivity index (χ4v) is 2.12. The number of nitrogens with one attached hydrogen (secondary N) is 2. The molecule has 2 heterocycles. The van der Waals surface area contributed by atoms with Gasteiger partial charge in [0.1, 0.15) is 18.0 Å². The Bertz CT molecular complexity index is 621. The molecule has 0 bridgehead atoms. The Hall–Kier alpha value is -2.44. The molecule has 112 valence electrons. The molecule has 1 atom stereocenters. The van der Waals surface area contributed by atoms with Crippen molar-refractivity contribution in [2.24, 2.45) is 13.0 Å². The molecule has 0 unspecified atom stereocenters. The van der Waals surface area contributed by atoms with Crippen molar-refractivity contribution in [3.8, 4) is 0 Å². The number of nitrogens with zero attached hydrogens (tertiary/aromatic N) is 4. The fourth-order valence-electron chi connectivity index (χ4n) is 2.12. The summed E-state index contributed by atoms with van der Waals surface area (Å²) in [6, 6.07) is 3.26. The van der Waals surface area contributed by atoms with E-state index in [-0.39, 0.29) is 17.9 Å². The lowest BCUT2D eigenvalue weighted by atomic mass is 10.0. The first-order chi connectivity index (χ1) is 10.0. The van der Waals surface area contributed by atoms with Crippen molar-refractivity contribution < 1.29 is 4.79 Å². The van der Waals surface area contributed by atoms with E-state index in [0.717, 1.165) is 5.82 Å². The molecule has 0 aliphatic carbocycles. The largest absolute Gasteiger partial charge is 0.372 e. The van der Waals surface area contributed by atoms with Crippen LogP contribution in [0.3, 0.4) is 0 Å². The Morgan fingerprint density at radius 3 is 2.67 bits per heavy atom. The monoisotopic (exact) mass is 288 g/mol. The normalized spacial score (nSPS) is 12.2. The van der Waals surface area contributed by atoms with Crippen LogP contribution in [0.2, 0.25) is 0 Å². The third kappa shape index (κ3) is 3.18.